The summed E-state index contributed by atoms with van der Waals surface area (Å²) in [6, 6.07) is 15.7. The Kier molecular flexibility index (Phi) is 6.02. The molecule has 0 spiro atoms. The lowest BCUT2D eigenvalue weighted by molar-refractivity contribution is -0.118. The van der Waals surface area contributed by atoms with Crippen LogP contribution in [0.25, 0.3) is 22.6 Å². The van der Waals surface area contributed by atoms with E-state index in [2.05, 4.69) is 10.3 Å². The van der Waals surface area contributed by atoms with Gasteiger partial charge in [-0.15, -0.1) is 0 Å². The molecule has 4 rings (SSSR count). The maximum Gasteiger partial charge on any atom is 0.262 e. The van der Waals surface area contributed by atoms with Crippen LogP contribution in [0.4, 0.5) is 5.69 Å². The van der Waals surface area contributed by atoms with Gasteiger partial charge in [-0.3, -0.25) is 4.79 Å². The molecule has 1 N–H and O–H groups in total. The Morgan fingerprint density at radius 1 is 1.06 bits per heavy atom. The molecule has 31 heavy (non-hydrogen) atoms. The largest absolute Gasteiger partial charge is 0.495 e. The Bertz CT molecular complexity index is 1270. The zero-order chi connectivity index (χ0) is 22.0. The van der Waals surface area contributed by atoms with Crippen molar-refractivity contribution in [1.82, 2.24) is 4.98 Å². The number of benzene rings is 3. The third kappa shape index (κ3) is 4.76. The van der Waals surface area contributed by atoms with Gasteiger partial charge < -0.3 is 19.2 Å². The number of aryl methyl sites for hydroxylation is 1. The highest BCUT2D eigenvalue weighted by Gasteiger charge is 2.12. The molecule has 0 aliphatic carbocycles. The highest BCUT2D eigenvalue weighted by atomic mass is 35.5. The van der Waals surface area contributed by atoms with E-state index in [-0.39, 0.29) is 12.5 Å². The number of carbonyl (C=O) groups is 1. The number of hydrogen-bond acceptors (Lipinski definition) is 5. The standard InChI is InChI=1S/C23H18Cl2N2O4/c1-13-9-16(5-6-17(13)24)30-12-22(28)26-15-4-8-21-19(11-15)27-23(31-21)14-3-7-20(29-2)18(25)10-14/h3-11H,12H2,1-2H3,(H,26,28). The van der Waals surface area contributed by atoms with Gasteiger partial charge >= 0.3 is 0 Å². The molecule has 3 aromatic carbocycles. The van der Waals surface area contributed by atoms with Crippen LogP contribution in [-0.2, 0) is 4.79 Å². The Morgan fingerprint density at radius 3 is 2.65 bits per heavy atom. The topological polar surface area (TPSA) is 73.6 Å². The second kappa shape index (κ2) is 8.88. The fraction of sp³-hybridized carbons (Fsp3) is 0.130. The summed E-state index contributed by atoms with van der Waals surface area (Å²) in [6.07, 6.45) is 0. The maximum atomic E-state index is 12.3. The Labute approximate surface area is 188 Å². The lowest BCUT2D eigenvalue weighted by Gasteiger charge is -2.08. The van der Waals surface area contributed by atoms with E-state index in [1.54, 1.807) is 55.6 Å². The van der Waals surface area contributed by atoms with Crippen molar-refractivity contribution in [2.24, 2.45) is 0 Å². The molecule has 0 fully saturated rings. The van der Waals surface area contributed by atoms with Gasteiger partial charge in [-0.05, 0) is 67.1 Å². The van der Waals surface area contributed by atoms with Crippen molar-refractivity contribution in [1.29, 1.82) is 0 Å². The molecule has 0 aliphatic heterocycles. The Morgan fingerprint density at radius 2 is 1.90 bits per heavy atom. The molecular formula is C23H18Cl2N2O4. The number of aromatic nitrogens is 1. The summed E-state index contributed by atoms with van der Waals surface area (Å²) in [5, 5.41) is 3.91. The van der Waals surface area contributed by atoms with Crippen LogP contribution >= 0.6 is 23.2 Å². The van der Waals surface area contributed by atoms with Gasteiger partial charge in [-0.2, -0.15) is 0 Å². The molecule has 8 heteroatoms. The number of amides is 1. The summed E-state index contributed by atoms with van der Waals surface area (Å²) in [6.45, 7) is 1.74. The van der Waals surface area contributed by atoms with Gasteiger partial charge in [-0.1, -0.05) is 23.2 Å². The second-order valence-corrected chi connectivity index (χ2v) is 7.61. The zero-order valence-corrected chi connectivity index (χ0v) is 18.3. The molecular weight excluding hydrogens is 439 g/mol. The van der Waals surface area contributed by atoms with Crippen molar-refractivity contribution < 1.29 is 18.7 Å². The number of fused-ring (bicyclic) bond motifs is 1. The van der Waals surface area contributed by atoms with Gasteiger partial charge in [-0.25, -0.2) is 4.98 Å². The third-order valence-electron chi connectivity index (χ3n) is 4.57. The van der Waals surface area contributed by atoms with Gasteiger partial charge in [0.15, 0.2) is 12.2 Å². The smallest absolute Gasteiger partial charge is 0.262 e. The summed E-state index contributed by atoms with van der Waals surface area (Å²) in [4.78, 5) is 16.8. The van der Waals surface area contributed by atoms with Crippen LogP contribution in [0.1, 0.15) is 5.56 Å². The van der Waals surface area contributed by atoms with E-state index in [0.717, 1.165) is 11.1 Å². The molecule has 0 atom stereocenters. The molecule has 0 unspecified atom stereocenters. The average Bonchev–Trinajstić information content (AvgIpc) is 3.18. The molecule has 1 aromatic heterocycles. The van der Waals surface area contributed by atoms with E-state index in [1.165, 1.54) is 0 Å². The summed E-state index contributed by atoms with van der Waals surface area (Å²) < 4.78 is 16.5. The Balaban J connectivity index is 1.45. The number of halogens is 2. The Hall–Kier alpha value is -3.22. The average molecular weight is 457 g/mol. The van der Waals surface area contributed by atoms with Crippen molar-refractivity contribution in [2.75, 3.05) is 19.0 Å². The first-order chi connectivity index (χ1) is 14.9. The minimum absolute atomic E-state index is 0.131. The van der Waals surface area contributed by atoms with Crippen LogP contribution in [0.5, 0.6) is 11.5 Å². The van der Waals surface area contributed by atoms with Crippen LogP contribution in [0.3, 0.4) is 0 Å². The normalized spacial score (nSPS) is 10.8. The van der Waals surface area contributed by atoms with Crippen LogP contribution in [0, 0.1) is 6.92 Å². The monoisotopic (exact) mass is 456 g/mol. The van der Waals surface area contributed by atoms with E-state index >= 15 is 0 Å². The lowest BCUT2D eigenvalue weighted by atomic mass is 10.2. The first-order valence-corrected chi connectivity index (χ1v) is 10.1. The number of hydrogen-bond donors (Lipinski definition) is 1. The van der Waals surface area contributed by atoms with Crippen molar-refractivity contribution in [3.05, 3.63) is 70.2 Å². The molecule has 0 radical (unpaired) electrons. The van der Waals surface area contributed by atoms with Crippen molar-refractivity contribution in [2.45, 2.75) is 6.92 Å². The van der Waals surface area contributed by atoms with E-state index in [4.69, 9.17) is 37.1 Å². The van der Waals surface area contributed by atoms with Gasteiger partial charge in [0.2, 0.25) is 5.89 Å². The van der Waals surface area contributed by atoms with Gasteiger partial charge in [0, 0.05) is 16.3 Å². The molecule has 4 aromatic rings. The van der Waals surface area contributed by atoms with Gasteiger partial charge in [0.25, 0.3) is 5.91 Å². The number of rotatable bonds is 6. The summed E-state index contributed by atoms with van der Waals surface area (Å²) in [5.74, 6) is 1.27. The van der Waals surface area contributed by atoms with Crippen LogP contribution in [0.2, 0.25) is 10.0 Å². The van der Waals surface area contributed by atoms with Gasteiger partial charge in [0.05, 0.1) is 12.1 Å². The molecule has 6 nitrogen and oxygen atoms in total. The minimum atomic E-state index is -0.294. The first-order valence-electron chi connectivity index (χ1n) is 9.36. The molecule has 0 aliphatic rings. The number of carbonyl (C=O) groups excluding carboxylic acids is 1. The number of anilines is 1. The summed E-state index contributed by atoms with van der Waals surface area (Å²) >= 11 is 12.2. The molecule has 0 saturated carbocycles. The van der Waals surface area contributed by atoms with E-state index < -0.39 is 0 Å². The molecule has 0 saturated heterocycles. The van der Waals surface area contributed by atoms with Crippen molar-refractivity contribution in [3.63, 3.8) is 0 Å². The van der Waals surface area contributed by atoms with E-state index in [9.17, 15) is 4.79 Å². The second-order valence-electron chi connectivity index (χ2n) is 6.80. The third-order valence-corrected chi connectivity index (χ3v) is 5.29. The van der Waals surface area contributed by atoms with Crippen LogP contribution < -0.4 is 14.8 Å². The van der Waals surface area contributed by atoms with Crippen molar-refractivity contribution >= 4 is 45.9 Å². The summed E-state index contributed by atoms with van der Waals surface area (Å²) in [5.41, 5.74) is 3.38. The molecule has 1 heterocycles. The predicted molar refractivity (Wildman–Crippen MR) is 121 cm³/mol. The highest BCUT2D eigenvalue weighted by Crippen LogP contribution is 2.32. The van der Waals surface area contributed by atoms with Gasteiger partial charge in [0.1, 0.15) is 17.0 Å². The number of methoxy groups -OCH3 is 1. The molecule has 1 amide bonds. The minimum Gasteiger partial charge on any atom is -0.495 e. The fourth-order valence-electron chi connectivity index (χ4n) is 2.98. The number of oxazole rings is 1. The lowest BCUT2D eigenvalue weighted by Crippen LogP contribution is -2.20. The quantitative estimate of drug-likeness (QED) is 0.377. The zero-order valence-electron chi connectivity index (χ0n) is 16.7. The predicted octanol–water partition coefficient (Wildman–Crippen LogP) is 6.14. The summed E-state index contributed by atoms with van der Waals surface area (Å²) in [7, 11) is 1.55. The maximum absolute atomic E-state index is 12.3. The highest BCUT2D eigenvalue weighted by molar-refractivity contribution is 6.32. The van der Waals surface area contributed by atoms with Crippen LogP contribution in [-0.4, -0.2) is 24.6 Å². The van der Waals surface area contributed by atoms with Crippen molar-refractivity contribution in [3.8, 4) is 23.0 Å². The molecule has 0 bridgehead atoms. The SMILES string of the molecule is COc1ccc(-c2nc3cc(NC(=O)COc4ccc(Cl)c(C)c4)ccc3o2)cc1Cl. The van der Waals surface area contributed by atoms with E-state index in [1.807, 2.05) is 13.0 Å². The number of ether oxygens (including phenoxy) is 2. The molecule has 158 valence electrons. The number of nitrogens with one attached hydrogen (secondary N) is 1. The fourth-order valence-corrected chi connectivity index (χ4v) is 3.36. The number of nitrogens with zero attached hydrogens (tertiary/aromatic N) is 1. The van der Waals surface area contributed by atoms with E-state index in [0.29, 0.717) is 44.2 Å². The van der Waals surface area contributed by atoms with Crippen LogP contribution in [0.15, 0.2) is 59.0 Å². The first kappa shape index (κ1) is 21.0.